The molecule has 0 radical (unpaired) electrons. The van der Waals surface area contributed by atoms with Crippen LogP contribution in [0.5, 0.6) is 0 Å². The van der Waals surface area contributed by atoms with Crippen LogP contribution in [0.1, 0.15) is 26.7 Å². The van der Waals surface area contributed by atoms with Gasteiger partial charge in [-0.15, -0.1) is 12.4 Å². The smallest absolute Gasteiger partial charge is 0.218 e. The van der Waals surface area contributed by atoms with Crippen LogP contribution in [0, 0.1) is 5.41 Å². The van der Waals surface area contributed by atoms with E-state index < -0.39 is 0 Å². The first-order valence-corrected chi connectivity index (χ1v) is 4.01. The van der Waals surface area contributed by atoms with Crippen LogP contribution in [0.2, 0.25) is 0 Å². The second kappa shape index (κ2) is 4.10. The van der Waals surface area contributed by atoms with E-state index in [1.165, 1.54) is 0 Å². The van der Waals surface area contributed by atoms with Gasteiger partial charge < -0.3 is 11.1 Å². The van der Waals surface area contributed by atoms with E-state index in [2.05, 4.69) is 19.2 Å². The Morgan fingerprint density at radius 3 is 2.58 bits per heavy atom. The highest BCUT2D eigenvalue weighted by Crippen LogP contribution is 2.27. The van der Waals surface area contributed by atoms with Crippen LogP contribution in [0.4, 0.5) is 0 Å². The van der Waals surface area contributed by atoms with E-state index in [9.17, 15) is 4.79 Å². The van der Waals surface area contributed by atoms with Crippen LogP contribution in [0.15, 0.2) is 0 Å². The highest BCUT2D eigenvalue weighted by atomic mass is 35.5. The molecule has 1 atom stereocenters. The number of carbonyl (C=O) groups excluding carboxylic acids is 1. The van der Waals surface area contributed by atoms with Gasteiger partial charge in [-0.25, -0.2) is 0 Å². The Labute approximate surface area is 79.5 Å². The van der Waals surface area contributed by atoms with E-state index in [1.54, 1.807) is 0 Å². The lowest BCUT2D eigenvalue weighted by Gasteiger charge is -2.14. The van der Waals surface area contributed by atoms with Crippen molar-refractivity contribution in [3.63, 3.8) is 0 Å². The van der Waals surface area contributed by atoms with Crippen molar-refractivity contribution in [1.82, 2.24) is 5.32 Å². The summed E-state index contributed by atoms with van der Waals surface area (Å²) in [6, 6.07) is 0.308. The molecule has 0 aromatic rings. The molecule has 1 unspecified atom stereocenters. The van der Waals surface area contributed by atoms with Crippen molar-refractivity contribution in [2.45, 2.75) is 32.7 Å². The molecule has 0 saturated carbocycles. The summed E-state index contributed by atoms with van der Waals surface area (Å²) >= 11 is 0. The van der Waals surface area contributed by atoms with Gasteiger partial charge >= 0.3 is 0 Å². The summed E-state index contributed by atoms with van der Waals surface area (Å²) in [6.07, 6.45) is 1.53. The highest BCUT2D eigenvalue weighted by molar-refractivity contribution is 5.85. The van der Waals surface area contributed by atoms with Gasteiger partial charge in [0.25, 0.3) is 0 Å². The Bertz CT molecular complexity index is 170. The number of hydrogen-bond acceptors (Lipinski definition) is 2. The lowest BCUT2D eigenvalue weighted by Crippen LogP contribution is -2.27. The predicted molar refractivity (Wildman–Crippen MR) is 51.2 cm³/mol. The summed E-state index contributed by atoms with van der Waals surface area (Å²) in [5, 5.41) is 3.28. The van der Waals surface area contributed by atoms with Gasteiger partial charge in [0, 0.05) is 19.0 Å². The third-order valence-corrected chi connectivity index (χ3v) is 2.12. The molecule has 0 spiro atoms. The molecule has 1 fully saturated rings. The Hall–Kier alpha value is -0.280. The molecule has 0 bridgehead atoms. The molecule has 1 heterocycles. The zero-order chi connectivity index (χ0) is 8.48. The maximum atomic E-state index is 10.5. The van der Waals surface area contributed by atoms with Crippen LogP contribution in [-0.2, 0) is 4.79 Å². The fourth-order valence-electron chi connectivity index (χ4n) is 1.62. The Balaban J connectivity index is 0.00000121. The molecule has 0 aliphatic carbocycles. The maximum Gasteiger partial charge on any atom is 0.218 e. The molecule has 72 valence electrons. The zero-order valence-electron chi connectivity index (χ0n) is 7.59. The third kappa shape index (κ3) is 3.41. The third-order valence-electron chi connectivity index (χ3n) is 2.12. The van der Waals surface area contributed by atoms with E-state index in [0.29, 0.717) is 17.9 Å². The molecule has 1 rings (SSSR count). The van der Waals surface area contributed by atoms with Crippen LogP contribution in [0.25, 0.3) is 0 Å². The van der Waals surface area contributed by atoms with Crippen molar-refractivity contribution >= 4 is 18.3 Å². The van der Waals surface area contributed by atoms with Gasteiger partial charge in [0.15, 0.2) is 0 Å². The summed E-state index contributed by atoms with van der Waals surface area (Å²) < 4.78 is 0. The second-order valence-corrected chi connectivity index (χ2v) is 4.12. The van der Waals surface area contributed by atoms with Crippen molar-refractivity contribution in [3.8, 4) is 0 Å². The van der Waals surface area contributed by atoms with Crippen molar-refractivity contribution in [2.24, 2.45) is 11.1 Å². The monoisotopic (exact) mass is 192 g/mol. The second-order valence-electron chi connectivity index (χ2n) is 4.12. The summed E-state index contributed by atoms with van der Waals surface area (Å²) in [7, 11) is 0. The van der Waals surface area contributed by atoms with Crippen molar-refractivity contribution in [1.29, 1.82) is 0 Å². The van der Waals surface area contributed by atoms with E-state index >= 15 is 0 Å². The first kappa shape index (κ1) is 11.7. The fourth-order valence-corrected chi connectivity index (χ4v) is 1.62. The molecule has 0 aromatic heterocycles. The number of primary amides is 1. The van der Waals surface area contributed by atoms with Crippen molar-refractivity contribution in [3.05, 3.63) is 0 Å². The first-order chi connectivity index (χ1) is 4.99. The molecular weight excluding hydrogens is 176 g/mol. The minimum Gasteiger partial charge on any atom is -0.370 e. The van der Waals surface area contributed by atoms with Crippen molar-refractivity contribution in [2.75, 3.05) is 6.54 Å². The van der Waals surface area contributed by atoms with Gasteiger partial charge in [-0.3, -0.25) is 4.79 Å². The summed E-state index contributed by atoms with van der Waals surface area (Å²) in [4.78, 5) is 10.5. The van der Waals surface area contributed by atoms with Gasteiger partial charge in [0.05, 0.1) is 0 Å². The number of nitrogens with two attached hydrogens (primary N) is 1. The maximum absolute atomic E-state index is 10.5. The number of hydrogen-bond donors (Lipinski definition) is 2. The van der Waals surface area contributed by atoms with Crippen molar-refractivity contribution < 1.29 is 4.79 Å². The Morgan fingerprint density at radius 2 is 2.25 bits per heavy atom. The van der Waals surface area contributed by atoms with E-state index in [1.807, 2.05) is 0 Å². The van der Waals surface area contributed by atoms with Crippen LogP contribution >= 0.6 is 12.4 Å². The summed E-state index contributed by atoms with van der Waals surface area (Å²) in [6.45, 7) is 5.38. The Kier molecular flexibility index (Phi) is 4.00. The van der Waals surface area contributed by atoms with E-state index in [0.717, 1.165) is 13.0 Å². The average molecular weight is 193 g/mol. The number of halogens is 1. The Morgan fingerprint density at radius 1 is 1.67 bits per heavy atom. The highest BCUT2D eigenvalue weighted by Gasteiger charge is 2.30. The minimum absolute atomic E-state index is 0. The quantitative estimate of drug-likeness (QED) is 0.676. The molecule has 0 aromatic carbocycles. The molecule has 3 N–H and O–H groups in total. The van der Waals surface area contributed by atoms with Gasteiger partial charge in [-0.1, -0.05) is 13.8 Å². The lowest BCUT2D eigenvalue weighted by atomic mass is 9.90. The van der Waals surface area contributed by atoms with E-state index in [-0.39, 0.29) is 18.3 Å². The van der Waals surface area contributed by atoms with Crippen LogP contribution in [0.3, 0.4) is 0 Å². The molecule has 1 saturated heterocycles. The van der Waals surface area contributed by atoms with Gasteiger partial charge in [0.2, 0.25) is 5.91 Å². The molecule has 1 aliphatic rings. The van der Waals surface area contributed by atoms with Gasteiger partial charge in [0.1, 0.15) is 0 Å². The van der Waals surface area contributed by atoms with Crippen LogP contribution in [-0.4, -0.2) is 18.5 Å². The molecule has 1 amide bonds. The standard InChI is InChI=1S/C8H16N2O.ClH/c1-8(2)4-6(10-5-8)3-7(9)11;/h6,10H,3-5H2,1-2H3,(H2,9,11);1H. The number of nitrogens with one attached hydrogen (secondary N) is 1. The van der Waals surface area contributed by atoms with E-state index in [4.69, 9.17) is 5.73 Å². The minimum atomic E-state index is -0.208. The average Bonchev–Trinajstić information content (AvgIpc) is 2.08. The SMILES string of the molecule is CC1(C)CNC(CC(N)=O)C1.Cl. The fraction of sp³-hybridized carbons (Fsp3) is 0.875. The normalized spacial score (nSPS) is 26.3. The number of rotatable bonds is 2. The summed E-state index contributed by atoms with van der Waals surface area (Å²) in [5.41, 5.74) is 5.42. The number of carbonyl (C=O) groups is 1. The first-order valence-electron chi connectivity index (χ1n) is 4.01. The lowest BCUT2D eigenvalue weighted by molar-refractivity contribution is -0.118. The molecule has 3 nitrogen and oxygen atoms in total. The molecule has 1 aliphatic heterocycles. The largest absolute Gasteiger partial charge is 0.370 e. The van der Waals surface area contributed by atoms with Crippen LogP contribution < -0.4 is 11.1 Å². The predicted octanol–water partition coefficient (Wildman–Crippen LogP) is 0.672. The summed E-state index contributed by atoms with van der Waals surface area (Å²) in [5.74, 6) is -0.208. The molecular formula is C8H17ClN2O. The topological polar surface area (TPSA) is 55.1 Å². The molecule has 4 heteroatoms. The van der Waals surface area contributed by atoms with Gasteiger partial charge in [-0.05, 0) is 11.8 Å². The molecule has 12 heavy (non-hydrogen) atoms. The number of amides is 1. The van der Waals surface area contributed by atoms with Gasteiger partial charge in [-0.2, -0.15) is 0 Å². The zero-order valence-corrected chi connectivity index (χ0v) is 8.41.